The molecule has 0 saturated heterocycles. The van der Waals surface area contributed by atoms with Gasteiger partial charge in [-0.15, -0.1) is 0 Å². The summed E-state index contributed by atoms with van der Waals surface area (Å²) in [5.41, 5.74) is -1.99. The van der Waals surface area contributed by atoms with Crippen molar-refractivity contribution in [1.29, 1.82) is 0 Å². The summed E-state index contributed by atoms with van der Waals surface area (Å²) in [5.74, 6) is 0. The van der Waals surface area contributed by atoms with Gasteiger partial charge in [0, 0.05) is 0 Å². The van der Waals surface area contributed by atoms with E-state index in [0.717, 1.165) is 13.3 Å². The predicted octanol–water partition coefficient (Wildman–Crippen LogP) is 3.92. The molecule has 0 aliphatic carbocycles. The second-order valence-corrected chi connectivity index (χ2v) is 4.00. The molecule has 0 heterocycles. The standard InChI is InChI=1S/C10H19F3O/c1-5-6-7-9(4,10(11,12)13)14-8(2)3/h8H,5-7H2,1-4H3. The third-order valence-corrected chi connectivity index (χ3v) is 2.10. The van der Waals surface area contributed by atoms with Crippen LogP contribution >= 0.6 is 0 Å². The van der Waals surface area contributed by atoms with Gasteiger partial charge in [0.15, 0.2) is 5.60 Å². The molecule has 0 aromatic carbocycles. The van der Waals surface area contributed by atoms with Crippen LogP contribution in [0.3, 0.4) is 0 Å². The second kappa shape index (κ2) is 5.01. The molecule has 4 heteroatoms. The fourth-order valence-corrected chi connectivity index (χ4v) is 1.30. The van der Waals surface area contributed by atoms with Gasteiger partial charge in [0.2, 0.25) is 0 Å². The maximum absolute atomic E-state index is 12.7. The number of unbranched alkanes of at least 4 members (excludes halogenated alkanes) is 1. The van der Waals surface area contributed by atoms with Crippen LogP contribution in [0, 0.1) is 0 Å². The summed E-state index contributed by atoms with van der Waals surface area (Å²) in [6, 6.07) is 0. The predicted molar refractivity (Wildman–Crippen MR) is 50.2 cm³/mol. The van der Waals surface area contributed by atoms with Gasteiger partial charge in [-0.3, -0.25) is 0 Å². The third-order valence-electron chi connectivity index (χ3n) is 2.10. The van der Waals surface area contributed by atoms with Crippen molar-refractivity contribution in [2.24, 2.45) is 0 Å². The molecule has 1 unspecified atom stereocenters. The van der Waals surface area contributed by atoms with Crippen LogP contribution in [-0.4, -0.2) is 17.9 Å². The molecule has 0 aromatic rings. The van der Waals surface area contributed by atoms with Crippen LogP contribution in [0.15, 0.2) is 0 Å². The molecule has 0 bridgehead atoms. The van der Waals surface area contributed by atoms with Gasteiger partial charge in [-0.2, -0.15) is 13.2 Å². The molecule has 0 fully saturated rings. The lowest BCUT2D eigenvalue weighted by molar-refractivity contribution is -0.283. The zero-order chi connectivity index (χ0) is 11.4. The van der Waals surface area contributed by atoms with Crippen molar-refractivity contribution in [3.05, 3.63) is 0 Å². The minimum absolute atomic E-state index is 0.0329. The van der Waals surface area contributed by atoms with E-state index < -0.39 is 17.9 Å². The van der Waals surface area contributed by atoms with Crippen molar-refractivity contribution < 1.29 is 17.9 Å². The van der Waals surface area contributed by atoms with Gasteiger partial charge < -0.3 is 4.74 Å². The smallest absolute Gasteiger partial charge is 0.363 e. The second-order valence-electron chi connectivity index (χ2n) is 4.00. The maximum atomic E-state index is 12.7. The summed E-state index contributed by atoms with van der Waals surface area (Å²) in [7, 11) is 0. The van der Waals surface area contributed by atoms with E-state index >= 15 is 0 Å². The van der Waals surface area contributed by atoms with Gasteiger partial charge >= 0.3 is 6.18 Å². The van der Waals surface area contributed by atoms with Crippen molar-refractivity contribution in [2.45, 2.75) is 64.8 Å². The Bertz CT molecular complexity index is 165. The number of alkyl halides is 3. The largest absolute Gasteiger partial charge is 0.417 e. The Morgan fingerprint density at radius 3 is 2.00 bits per heavy atom. The van der Waals surface area contributed by atoms with Crippen molar-refractivity contribution >= 4 is 0 Å². The average Bonchev–Trinajstić information content (AvgIpc) is 1.97. The van der Waals surface area contributed by atoms with E-state index in [0.29, 0.717) is 6.42 Å². The number of hydrogen-bond donors (Lipinski definition) is 0. The van der Waals surface area contributed by atoms with E-state index in [-0.39, 0.29) is 6.42 Å². The lowest BCUT2D eigenvalue weighted by Crippen LogP contribution is -2.46. The Labute approximate surface area is 83.6 Å². The first-order valence-corrected chi connectivity index (χ1v) is 4.97. The Kier molecular flexibility index (Phi) is 4.92. The van der Waals surface area contributed by atoms with Crippen LogP contribution in [0.25, 0.3) is 0 Å². The molecule has 0 radical (unpaired) electrons. The van der Waals surface area contributed by atoms with E-state index in [4.69, 9.17) is 4.74 Å². The molecule has 0 aliphatic rings. The zero-order valence-electron chi connectivity index (χ0n) is 9.24. The minimum atomic E-state index is -4.29. The van der Waals surface area contributed by atoms with Crippen molar-refractivity contribution in [2.75, 3.05) is 0 Å². The first-order chi connectivity index (χ1) is 6.23. The van der Waals surface area contributed by atoms with E-state index in [1.165, 1.54) is 0 Å². The highest BCUT2D eigenvalue weighted by Gasteiger charge is 2.52. The highest BCUT2D eigenvalue weighted by molar-refractivity contribution is 4.84. The highest BCUT2D eigenvalue weighted by Crippen LogP contribution is 2.38. The van der Waals surface area contributed by atoms with Crippen molar-refractivity contribution in [3.8, 4) is 0 Å². The molecule has 0 saturated carbocycles. The minimum Gasteiger partial charge on any atom is -0.363 e. The van der Waals surface area contributed by atoms with Gasteiger partial charge in [-0.1, -0.05) is 19.8 Å². The summed E-state index contributed by atoms with van der Waals surface area (Å²) in [6.45, 7) is 6.24. The van der Waals surface area contributed by atoms with Gasteiger partial charge in [0.1, 0.15) is 0 Å². The average molecular weight is 212 g/mol. The quantitative estimate of drug-likeness (QED) is 0.671. The van der Waals surface area contributed by atoms with Gasteiger partial charge in [-0.05, 0) is 27.2 Å². The Morgan fingerprint density at radius 1 is 1.21 bits per heavy atom. The fraction of sp³-hybridized carbons (Fsp3) is 1.00. The highest BCUT2D eigenvalue weighted by atomic mass is 19.4. The topological polar surface area (TPSA) is 9.23 Å². The first kappa shape index (κ1) is 13.8. The molecular formula is C10H19F3O. The molecule has 0 amide bonds. The molecule has 1 atom stereocenters. The molecule has 0 spiro atoms. The summed E-state index contributed by atoms with van der Waals surface area (Å²) in [6.07, 6.45) is -3.38. The molecule has 0 aliphatic heterocycles. The lowest BCUT2D eigenvalue weighted by atomic mass is 9.98. The van der Waals surface area contributed by atoms with E-state index in [9.17, 15) is 13.2 Å². The number of halogens is 3. The zero-order valence-corrected chi connectivity index (χ0v) is 9.24. The third kappa shape index (κ3) is 3.86. The number of hydrogen-bond acceptors (Lipinski definition) is 1. The van der Waals surface area contributed by atoms with Gasteiger partial charge in [0.25, 0.3) is 0 Å². The lowest BCUT2D eigenvalue weighted by Gasteiger charge is -2.33. The summed E-state index contributed by atoms with van der Waals surface area (Å²) >= 11 is 0. The van der Waals surface area contributed by atoms with Gasteiger partial charge in [0.05, 0.1) is 6.10 Å². The van der Waals surface area contributed by atoms with E-state index in [1.54, 1.807) is 13.8 Å². The van der Waals surface area contributed by atoms with Crippen LogP contribution in [0.2, 0.25) is 0 Å². The van der Waals surface area contributed by atoms with Crippen molar-refractivity contribution in [1.82, 2.24) is 0 Å². The number of ether oxygens (including phenoxy) is 1. The van der Waals surface area contributed by atoms with Crippen LogP contribution in [0.1, 0.15) is 47.0 Å². The van der Waals surface area contributed by atoms with E-state index in [2.05, 4.69) is 0 Å². The molecule has 0 rings (SSSR count). The molecule has 1 nitrogen and oxygen atoms in total. The number of rotatable bonds is 5. The molecule has 14 heavy (non-hydrogen) atoms. The fourth-order valence-electron chi connectivity index (χ4n) is 1.30. The van der Waals surface area contributed by atoms with E-state index in [1.807, 2.05) is 6.92 Å². The Balaban J connectivity index is 4.50. The summed E-state index contributed by atoms with van der Waals surface area (Å²) < 4.78 is 43.0. The molecule has 0 N–H and O–H groups in total. The molecule has 86 valence electrons. The summed E-state index contributed by atoms with van der Waals surface area (Å²) in [5, 5.41) is 0. The van der Waals surface area contributed by atoms with Crippen LogP contribution < -0.4 is 0 Å². The molecule has 0 aromatic heterocycles. The SMILES string of the molecule is CCCCC(C)(OC(C)C)C(F)(F)F. The van der Waals surface area contributed by atoms with Crippen molar-refractivity contribution in [3.63, 3.8) is 0 Å². The monoisotopic (exact) mass is 212 g/mol. The summed E-state index contributed by atoms with van der Waals surface area (Å²) in [4.78, 5) is 0. The van der Waals surface area contributed by atoms with Crippen LogP contribution in [0.4, 0.5) is 13.2 Å². The maximum Gasteiger partial charge on any atom is 0.417 e. The Morgan fingerprint density at radius 2 is 1.71 bits per heavy atom. The van der Waals surface area contributed by atoms with Gasteiger partial charge in [-0.25, -0.2) is 0 Å². The first-order valence-electron chi connectivity index (χ1n) is 4.97. The molecular weight excluding hydrogens is 193 g/mol. The van der Waals surface area contributed by atoms with Crippen LogP contribution in [-0.2, 0) is 4.74 Å². The Hall–Kier alpha value is -0.250. The van der Waals surface area contributed by atoms with Crippen LogP contribution in [0.5, 0.6) is 0 Å². The normalized spacial score (nSPS) is 17.1.